The molecule has 0 aliphatic heterocycles. The molecular formula is C20H19N3OS2. The lowest BCUT2D eigenvalue weighted by Crippen LogP contribution is -1.99. The van der Waals surface area contributed by atoms with Gasteiger partial charge < -0.3 is 9.30 Å². The number of methoxy groups -OCH3 is 1. The van der Waals surface area contributed by atoms with Crippen LogP contribution in [-0.4, -0.2) is 21.9 Å². The van der Waals surface area contributed by atoms with Crippen molar-refractivity contribution >= 4 is 33.2 Å². The van der Waals surface area contributed by atoms with E-state index in [4.69, 9.17) is 4.74 Å². The van der Waals surface area contributed by atoms with Crippen molar-refractivity contribution in [3.05, 3.63) is 60.2 Å². The Morgan fingerprint density at radius 2 is 1.88 bits per heavy atom. The van der Waals surface area contributed by atoms with Gasteiger partial charge in [-0.25, -0.2) is 0 Å². The third kappa shape index (κ3) is 3.34. The van der Waals surface area contributed by atoms with E-state index in [-0.39, 0.29) is 0 Å². The molecule has 2 aromatic heterocycles. The molecule has 0 fully saturated rings. The average Bonchev–Trinajstić information content (AvgIpc) is 3.29. The van der Waals surface area contributed by atoms with Crippen LogP contribution in [0.3, 0.4) is 0 Å². The summed E-state index contributed by atoms with van der Waals surface area (Å²) >= 11 is 3.48. The molecule has 0 saturated carbocycles. The number of thiophene rings is 1. The number of rotatable bonds is 6. The zero-order valence-electron chi connectivity index (χ0n) is 14.7. The van der Waals surface area contributed by atoms with Gasteiger partial charge >= 0.3 is 0 Å². The Labute approximate surface area is 160 Å². The van der Waals surface area contributed by atoms with E-state index in [0.717, 1.165) is 33.9 Å². The minimum atomic E-state index is 0.849. The summed E-state index contributed by atoms with van der Waals surface area (Å²) < 4.78 is 8.69. The normalized spacial score (nSPS) is 11.2. The third-order valence-corrected chi connectivity index (χ3v) is 6.36. The van der Waals surface area contributed by atoms with Gasteiger partial charge in [0.25, 0.3) is 0 Å². The summed E-state index contributed by atoms with van der Waals surface area (Å²) in [5.74, 6) is 2.68. The first kappa shape index (κ1) is 17.1. The predicted molar refractivity (Wildman–Crippen MR) is 109 cm³/mol. The Bertz CT molecular complexity index is 988. The van der Waals surface area contributed by atoms with Crippen molar-refractivity contribution in [1.29, 1.82) is 0 Å². The van der Waals surface area contributed by atoms with Crippen molar-refractivity contribution in [2.24, 2.45) is 0 Å². The highest BCUT2D eigenvalue weighted by atomic mass is 32.2. The molecule has 6 heteroatoms. The van der Waals surface area contributed by atoms with Crippen LogP contribution in [0.15, 0.2) is 59.8 Å². The van der Waals surface area contributed by atoms with Crippen LogP contribution in [-0.2, 0) is 12.3 Å². The van der Waals surface area contributed by atoms with Gasteiger partial charge in [0.05, 0.1) is 12.0 Å². The van der Waals surface area contributed by atoms with Crippen molar-refractivity contribution in [2.45, 2.75) is 24.4 Å². The third-order valence-electron chi connectivity index (χ3n) is 4.21. The molecule has 4 nitrogen and oxygen atoms in total. The van der Waals surface area contributed by atoms with E-state index >= 15 is 0 Å². The molecule has 132 valence electrons. The maximum atomic E-state index is 5.21. The minimum absolute atomic E-state index is 0.849. The van der Waals surface area contributed by atoms with Crippen molar-refractivity contribution in [3.63, 3.8) is 0 Å². The second kappa shape index (κ2) is 7.51. The van der Waals surface area contributed by atoms with Gasteiger partial charge in [-0.1, -0.05) is 42.1 Å². The molecule has 0 unspecified atom stereocenters. The van der Waals surface area contributed by atoms with Crippen LogP contribution in [0.25, 0.3) is 20.8 Å². The van der Waals surface area contributed by atoms with Crippen LogP contribution in [0.1, 0.15) is 12.5 Å². The van der Waals surface area contributed by atoms with E-state index in [9.17, 15) is 0 Å². The molecule has 2 heterocycles. The topological polar surface area (TPSA) is 39.9 Å². The van der Waals surface area contributed by atoms with E-state index in [1.54, 1.807) is 30.2 Å². The Kier molecular flexibility index (Phi) is 4.95. The van der Waals surface area contributed by atoms with Gasteiger partial charge in [0, 0.05) is 17.0 Å². The second-order valence-corrected chi connectivity index (χ2v) is 7.86. The summed E-state index contributed by atoms with van der Waals surface area (Å²) in [7, 11) is 1.68. The average molecular weight is 382 g/mol. The molecule has 0 atom stereocenters. The predicted octanol–water partition coefficient (Wildman–Crippen LogP) is 5.48. The fourth-order valence-electron chi connectivity index (χ4n) is 2.82. The van der Waals surface area contributed by atoms with Gasteiger partial charge in [0.15, 0.2) is 11.0 Å². The number of hydrogen-bond donors (Lipinski definition) is 0. The summed E-state index contributed by atoms with van der Waals surface area (Å²) in [5, 5.41) is 11.1. The van der Waals surface area contributed by atoms with E-state index in [2.05, 4.69) is 64.2 Å². The van der Waals surface area contributed by atoms with Crippen LogP contribution < -0.4 is 4.74 Å². The zero-order valence-corrected chi connectivity index (χ0v) is 16.3. The first-order chi connectivity index (χ1) is 12.8. The van der Waals surface area contributed by atoms with Crippen LogP contribution in [0.4, 0.5) is 0 Å². The van der Waals surface area contributed by atoms with Crippen LogP contribution in [0.5, 0.6) is 5.75 Å². The maximum Gasteiger partial charge on any atom is 0.191 e. The Hall–Kier alpha value is -2.31. The highest BCUT2D eigenvalue weighted by Gasteiger charge is 2.15. The van der Waals surface area contributed by atoms with E-state index in [1.165, 1.54) is 15.6 Å². The van der Waals surface area contributed by atoms with Gasteiger partial charge in [-0.2, -0.15) is 0 Å². The summed E-state index contributed by atoms with van der Waals surface area (Å²) in [6.45, 7) is 2.99. The first-order valence-electron chi connectivity index (χ1n) is 8.46. The standard InChI is InChI=1S/C20H19N3OS2/c1-3-23-19(18-12-15-6-4-5-7-17(15)26-18)21-22-20(23)25-13-14-8-10-16(24-2)11-9-14/h4-12H,3,13H2,1-2H3. The molecule has 0 bridgehead atoms. The number of thioether (sulfide) groups is 1. The SMILES string of the molecule is CCn1c(SCc2ccc(OC)cc2)nnc1-c1cc2ccccc2s1. The molecule has 0 radical (unpaired) electrons. The van der Waals surface area contributed by atoms with Gasteiger partial charge in [0.2, 0.25) is 0 Å². The molecule has 2 aromatic carbocycles. The minimum Gasteiger partial charge on any atom is -0.497 e. The summed E-state index contributed by atoms with van der Waals surface area (Å²) in [6, 6.07) is 18.8. The zero-order chi connectivity index (χ0) is 17.9. The smallest absolute Gasteiger partial charge is 0.191 e. The Balaban J connectivity index is 1.57. The lowest BCUT2D eigenvalue weighted by Gasteiger charge is -2.06. The fourth-order valence-corrected chi connectivity index (χ4v) is 4.84. The summed E-state index contributed by atoms with van der Waals surface area (Å²) in [5.41, 5.74) is 1.24. The molecule has 26 heavy (non-hydrogen) atoms. The second-order valence-electron chi connectivity index (χ2n) is 5.84. The van der Waals surface area contributed by atoms with Gasteiger partial charge in [-0.3, -0.25) is 0 Å². The summed E-state index contributed by atoms with van der Waals surface area (Å²) in [6.07, 6.45) is 0. The lowest BCUT2D eigenvalue weighted by molar-refractivity contribution is 0.414. The number of fused-ring (bicyclic) bond motifs is 1. The highest BCUT2D eigenvalue weighted by molar-refractivity contribution is 7.98. The van der Waals surface area contributed by atoms with E-state index in [0.29, 0.717) is 0 Å². The van der Waals surface area contributed by atoms with Crippen molar-refractivity contribution in [2.75, 3.05) is 7.11 Å². The number of aromatic nitrogens is 3. The molecule has 0 spiro atoms. The van der Waals surface area contributed by atoms with E-state index in [1.807, 2.05) is 12.1 Å². The molecule has 0 aliphatic rings. The maximum absolute atomic E-state index is 5.21. The molecule has 4 rings (SSSR count). The van der Waals surface area contributed by atoms with Gasteiger partial charge in [0.1, 0.15) is 5.75 Å². The number of hydrogen-bond acceptors (Lipinski definition) is 5. The lowest BCUT2D eigenvalue weighted by atomic mass is 10.2. The molecule has 4 aromatic rings. The molecule has 0 amide bonds. The summed E-state index contributed by atoms with van der Waals surface area (Å²) in [4.78, 5) is 1.16. The van der Waals surface area contributed by atoms with Gasteiger partial charge in [-0.15, -0.1) is 21.5 Å². The van der Waals surface area contributed by atoms with Crippen molar-refractivity contribution < 1.29 is 4.74 Å². The largest absolute Gasteiger partial charge is 0.497 e. The van der Waals surface area contributed by atoms with Crippen molar-refractivity contribution in [3.8, 4) is 16.5 Å². The Morgan fingerprint density at radius 3 is 2.62 bits per heavy atom. The number of ether oxygens (including phenoxy) is 1. The van der Waals surface area contributed by atoms with Crippen LogP contribution >= 0.6 is 23.1 Å². The quantitative estimate of drug-likeness (QED) is 0.415. The first-order valence-corrected chi connectivity index (χ1v) is 10.3. The van der Waals surface area contributed by atoms with Crippen LogP contribution in [0.2, 0.25) is 0 Å². The molecular weight excluding hydrogens is 362 g/mol. The van der Waals surface area contributed by atoms with Crippen LogP contribution in [0, 0.1) is 0 Å². The van der Waals surface area contributed by atoms with Gasteiger partial charge in [-0.05, 0) is 42.1 Å². The van der Waals surface area contributed by atoms with Crippen molar-refractivity contribution in [1.82, 2.24) is 14.8 Å². The molecule has 0 aliphatic carbocycles. The molecule has 0 N–H and O–H groups in total. The highest BCUT2D eigenvalue weighted by Crippen LogP contribution is 2.34. The molecule has 0 saturated heterocycles. The fraction of sp³-hybridized carbons (Fsp3) is 0.200. The Morgan fingerprint density at radius 1 is 1.08 bits per heavy atom. The number of nitrogens with zero attached hydrogens (tertiary/aromatic N) is 3. The monoisotopic (exact) mass is 381 g/mol. The van der Waals surface area contributed by atoms with E-state index < -0.39 is 0 Å². The number of benzene rings is 2.